The first-order chi connectivity index (χ1) is 11.8. The molecule has 1 aliphatic heterocycles. The van der Waals surface area contributed by atoms with Gasteiger partial charge < -0.3 is 4.90 Å². The van der Waals surface area contributed by atoms with Crippen LogP contribution in [0.15, 0.2) is 40.6 Å². The van der Waals surface area contributed by atoms with Crippen LogP contribution < -0.4 is 0 Å². The van der Waals surface area contributed by atoms with Gasteiger partial charge in [-0.25, -0.2) is 8.42 Å². The summed E-state index contributed by atoms with van der Waals surface area (Å²) in [6.45, 7) is 4.96. The molecule has 0 N–H and O–H groups in total. The maximum atomic E-state index is 12.7. The maximum Gasteiger partial charge on any atom is 0.254 e. The average Bonchev–Trinajstić information content (AvgIpc) is 3.08. The predicted octanol–water partition coefficient (Wildman–Crippen LogP) is 2.98. The van der Waals surface area contributed by atoms with Crippen LogP contribution in [-0.2, 0) is 23.0 Å². The molecule has 3 rings (SSSR count). The third kappa shape index (κ3) is 3.49. The van der Waals surface area contributed by atoms with Crippen molar-refractivity contribution in [3.8, 4) is 0 Å². The fourth-order valence-electron chi connectivity index (χ4n) is 2.82. The standard InChI is InChI=1S/C18H22N2O3S2/c1-13(2)19(3)25(22,23)16-6-4-14(5-7-16)18(21)20-10-8-17-15(12-20)9-11-24-17/h4-7,9,11,13H,8,10,12H2,1-3H3. The SMILES string of the molecule is CC(C)N(C)S(=O)(=O)c1ccc(C(=O)N2CCc3sccc3C2)cc1. The Morgan fingerprint density at radius 3 is 2.52 bits per heavy atom. The predicted molar refractivity (Wildman–Crippen MR) is 99.3 cm³/mol. The zero-order valence-electron chi connectivity index (χ0n) is 14.6. The first kappa shape index (κ1) is 18.1. The van der Waals surface area contributed by atoms with Gasteiger partial charge in [0.15, 0.2) is 0 Å². The third-order valence-corrected chi connectivity index (χ3v) is 7.67. The van der Waals surface area contributed by atoms with E-state index in [1.54, 1.807) is 30.5 Å². The summed E-state index contributed by atoms with van der Waals surface area (Å²) in [5.41, 5.74) is 1.73. The van der Waals surface area contributed by atoms with Crippen molar-refractivity contribution in [2.24, 2.45) is 0 Å². The minimum atomic E-state index is -3.53. The summed E-state index contributed by atoms with van der Waals surface area (Å²) >= 11 is 1.74. The lowest BCUT2D eigenvalue weighted by molar-refractivity contribution is 0.0735. The summed E-state index contributed by atoms with van der Waals surface area (Å²) < 4.78 is 26.3. The van der Waals surface area contributed by atoms with Crippen molar-refractivity contribution < 1.29 is 13.2 Å². The number of carbonyl (C=O) groups excluding carboxylic acids is 1. The third-order valence-electron chi connectivity index (χ3n) is 4.60. The van der Waals surface area contributed by atoms with Crippen LogP contribution in [0.25, 0.3) is 0 Å². The Morgan fingerprint density at radius 1 is 1.20 bits per heavy atom. The van der Waals surface area contributed by atoms with E-state index in [2.05, 4.69) is 11.4 Å². The van der Waals surface area contributed by atoms with E-state index < -0.39 is 10.0 Å². The van der Waals surface area contributed by atoms with Crippen LogP contribution in [0.3, 0.4) is 0 Å². The van der Waals surface area contributed by atoms with Crippen molar-refractivity contribution in [3.63, 3.8) is 0 Å². The van der Waals surface area contributed by atoms with Crippen molar-refractivity contribution in [2.75, 3.05) is 13.6 Å². The summed E-state index contributed by atoms with van der Waals surface area (Å²) in [4.78, 5) is 16.1. The molecule has 2 aromatic rings. The second kappa shape index (κ2) is 6.90. The Bertz CT molecular complexity index is 870. The summed E-state index contributed by atoms with van der Waals surface area (Å²) in [5.74, 6) is -0.0574. The molecule has 1 aromatic heterocycles. The van der Waals surface area contributed by atoms with Crippen LogP contribution in [-0.4, -0.2) is 43.2 Å². The molecule has 0 atom stereocenters. The smallest absolute Gasteiger partial charge is 0.254 e. The molecule has 0 saturated heterocycles. The van der Waals surface area contributed by atoms with Gasteiger partial charge in [-0.05, 0) is 61.5 Å². The Balaban J connectivity index is 1.78. The molecule has 134 valence electrons. The van der Waals surface area contributed by atoms with E-state index in [4.69, 9.17) is 0 Å². The number of carbonyl (C=O) groups is 1. The summed E-state index contributed by atoms with van der Waals surface area (Å²) in [6.07, 6.45) is 0.879. The van der Waals surface area contributed by atoms with Gasteiger partial charge in [0.25, 0.3) is 5.91 Å². The molecule has 0 radical (unpaired) electrons. The van der Waals surface area contributed by atoms with E-state index in [-0.39, 0.29) is 16.8 Å². The Kier molecular flexibility index (Phi) is 4.99. The van der Waals surface area contributed by atoms with E-state index in [0.717, 1.165) is 6.42 Å². The maximum absolute atomic E-state index is 12.7. The molecule has 2 heterocycles. The minimum Gasteiger partial charge on any atom is -0.334 e. The van der Waals surface area contributed by atoms with Gasteiger partial charge in [0.2, 0.25) is 10.0 Å². The van der Waals surface area contributed by atoms with Crippen LogP contribution in [0.5, 0.6) is 0 Å². The molecular formula is C18H22N2O3S2. The highest BCUT2D eigenvalue weighted by Gasteiger charge is 2.25. The number of hydrogen-bond acceptors (Lipinski definition) is 4. The molecule has 0 aliphatic carbocycles. The van der Waals surface area contributed by atoms with Crippen molar-refractivity contribution >= 4 is 27.3 Å². The minimum absolute atomic E-state index is 0.0574. The fourth-order valence-corrected chi connectivity index (χ4v) is 5.08. The lowest BCUT2D eigenvalue weighted by Crippen LogP contribution is -2.35. The molecule has 7 heteroatoms. The van der Waals surface area contributed by atoms with Crippen molar-refractivity contribution in [3.05, 3.63) is 51.7 Å². The van der Waals surface area contributed by atoms with E-state index >= 15 is 0 Å². The van der Waals surface area contributed by atoms with E-state index in [1.807, 2.05) is 18.7 Å². The number of hydrogen-bond donors (Lipinski definition) is 0. The second-order valence-corrected chi connectivity index (χ2v) is 9.48. The van der Waals surface area contributed by atoms with Crippen LogP contribution in [0, 0.1) is 0 Å². The van der Waals surface area contributed by atoms with E-state index in [9.17, 15) is 13.2 Å². The highest BCUT2D eigenvalue weighted by Crippen LogP contribution is 2.25. The molecule has 1 aromatic carbocycles. The van der Waals surface area contributed by atoms with E-state index in [1.165, 1.54) is 26.9 Å². The van der Waals surface area contributed by atoms with Gasteiger partial charge >= 0.3 is 0 Å². The largest absolute Gasteiger partial charge is 0.334 e. The van der Waals surface area contributed by atoms with Crippen LogP contribution >= 0.6 is 11.3 Å². The van der Waals surface area contributed by atoms with Crippen molar-refractivity contribution in [2.45, 2.75) is 37.8 Å². The fraction of sp³-hybridized carbons (Fsp3) is 0.389. The number of rotatable bonds is 4. The van der Waals surface area contributed by atoms with Gasteiger partial charge in [-0.3, -0.25) is 4.79 Å². The molecule has 25 heavy (non-hydrogen) atoms. The van der Waals surface area contributed by atoms with Gasteiger partial charge in [0.05, 0.1) is 4.90 Å². The lowest BCUT2D eigenvalue weighted by atomic mass is 10.1. The van der Waals surface area contributed by atoms with Crippen molar-refractivity contribution in [1.29, 1.82) is 0 Å². The Labute approximate surface area is 152 Å². The van der Waals surface area contributed by atoms with Gasteiger partial charge in [0.1, 0.15) is 0 Å². The molecule has 0 unspecified atom stereocenters. The van der Waals surface area contributed by atoms with Gasteiger partial charge in [-0.1, -0.05) is 0 Å². The number of nitrogens with zero attached hydrogens (tertiary/aromatic N) is 2. The monoisotopic (exact) mass is 378 g/mol. The number of sulfonamides is 1. The Morgan fingerprint density at radius 2 is 1.88 bits per heavy atom. The van der Waals surface area contributed by atoms with Gasteiger partial charge in [0, 0.05) is 36.6 Å². The first-order valence-corrected chi connectivity index (χ1v) is 10.6. The highest BCUT2D eigenvalue weighted by atomic mass is 32.2. The summed E-state index contributed by atoms with van der Waals surface area (Å²) in [6, 6.07) is 8.18. The molecule has 1 aliphatic rings. The molecular weight excluding hydrogens is 356 g/mol. The van der Waals surface area contributed by atoms with Crippen LogP contribution in [0.4, 0.5) is 0 Å². The second-order valence-electron chi connectivity index (χ2n) is 6.49. The normalized spacial score (nSPS) is 14.8. The Hall–Kier alpha value is -1.70. The van der Waals surface area contributed by atoms with E-state index in [0.29, 0.717) is 18.7 Å². The number of amides is 1. The zero-order valence-corrected chi connectivity index (χ0v) is 16.2. The van der Waals surface area contributed by atoms with Gasteiger partial charge in [-0.2, -0.15) is 4.31 Å². The quantitative estimate of drug-likeness (QED) is 0.822. The molecule has 5 nitrogen and oxygen atoms in total. The average molecular weight is 379 g/mol. The molecule has 0 bridgehead atoms. The molecule has 0 fully saturated rings. The zero-order chi connectivity index (χ0) is 18.2. The van der Waals surface area contributed by atoms with Gasteiger partial charge in [-0.15, -0.1) is 11.3 Å². The highest BCUT2D eigenvalue weighted by molar-refractivity contribution is 7.89. The molecule has 0 saturated carbocycles. The number of fused-ring (bicyclic) bond motifs is 1. The van der Waals surface area contributed by atoms with Crippen molar-refractivity contribution in [1.82, 2.24) is 9.21 Å². The lowest BCUT2D eigenvalue weighted by Gasteiger charge is -2.27. The topological polar surface area (TPSA) is 57.7 Å². The number of thiophene rings is 1. The van der Waals surface area contributed by atoms with Crippen LogP contribution in [0.1, 0.15) is 34.6 Å². The summed E-state index contributed by atoms with van der Waals surface area (Å²) in [5, 5.41) is 2.06. The number of benzene rings is 1. The summed E-state index contributed by atoms with van der Waals surface area (Å²) in [7, 11) is -1.97. The van der Waals surface area contributed by atoms with Crippen LogP contribution in [0.2, 0.25) is 0 Å². The molecule has 1 amide bonds. The molecule has 0 spiro atoms. The first-order valence-electron chi connectivity index (χ1n) is 8.23.